The van der Waals surface area contributed by atoms with Gasteiger partial charge < -0.3 is 5.73 Å². The van der Waals surface area contributed by atoms with Crippen molar-refractivity contribution in [3.8, 4) is 0 Å². The van der Waals surface area contributed by atoms with Crippen molar-refractivity contribution in [1.82, 2.24) is 0 Å². The molecule has 1 aromatic carbocycles. The maximum Gasteiger partial charge on any atom is 0.417 e. The van der Waals surface area contributed by atoms with Crippen molar-refractivity contribution in [2.24, 2.45) is 5.73 Å². The lowest BCUT2D eigenvalue weighted by Gasteiger charge is -2.18. The molecule has 0 aliphatic rings. The van der Waals surface area contributed by atoms with Crippen LogP contribution >= 0.6 is 24.0 Å². The van der Waals surface area contributed by atoms with Gasteiger partial charge in [-0.15, -0.1) is 12.4 Å². The third kappa shape index (κ3) is 5.08. The van der Waals surface area contributed by atoms with Gasteiger partial charge in [0.25, 0.3) is 0 Å². The molecule has 1 aromatic rings. The van der Waals surface area contributed by atoms with E-state index >= 15 is 0 Å². The van der Waals surface area contributed by atoms with E-state index in [0.29, 0.717) is 6.07 Å². The molecule has 19 heavy (non-hydrogen) atoms. The van der Waals surface area contributed by atoms with Gasteiger partial charge in [-0.3, -0.25) is 0 Å². The van der Waals surface area contributed by atoms with Crippen LogP contribution in [0.4, 0.5) is 26.3 Å². The Hall–Kier alpha value is -0.660. The van der Waals surface area contributed by atoms with Gasteiger partial charge in [0, 0.05) is 6.04 Å². The molecule has 110 valence electrons. The van der Waals surface area contributed by atoms with Crippen LogP contribution in [0.1, 0.15) is 23.6 Å². The topological polar surface area (TPSA) is 26.0 Å². The highest BCUT2D eigenvalue weighted by atomic mass is 35.5. The third-order valence-corrected chi connectivity index (χ3v) is 2.61. The van der Waals surface area contributed by atoms with E-state index in [0.717, 1.165) is 12.1 Å². The Morgan fingerprint density at radius 2 is 1.63 bits per heavy atom. The molecule has 0 aliphatic heterocycles. The summed E-state index contributed by atoms with van der Waals surface area (Å²) >= 11 is 5.45. The van der Waals surface area contributed by atoms with E-state index in [-0.39, 0.29) is 18.0 Å². The summed E-state index contributed by atoms with van der Waals surface area (Å²) in [5.74, 6) is 0. The minimum atomic E-state index is -4.73. The number of halogens is 8. The first kappa shape index (κ1) is 18.3. The van der Waals surface area contributed by atoms with Gasteiger partial charge in [0.2, 0.25) is 0 Å². The summed E-state index contributed by atoms with van der Waals surface area (Å²) in [7, 11) is 0. The van der Waals surface area contributed by atoms with Crippen LogP contribution in [0.25, 0.3) is 0 Å². The fraction of sp³-hybridized carbons (Fsp3) is 0.400. The number of hydrogen-bond donors (Lipinski definition) is 1. The Bertz CT molecular complexity index is 429. The van der Waals surface area contributed by atoms with Crippen molar-refractivity contribution >= 4 is 24.0 Å². The van der Waals surface area contributed by atoms with E-state index in [2.05, 4.69) is 0 Å². The quantitative estimate of drug-likeness (QED) is 0.780. The second-order valence-electron chi connectivity index (χ2n) is 3.63. The summed E-state index contributed by atoms with van der Waals surface area (Å²) in [5.41, 5.74) is 3.66. The Balaban J connectivity index is 0.00000324. The van der Waals surface area contributed by atoms with E-state index in [9.17, 15) is 26.3 Å². The molecule has 0 unspecified atom stereocenters. The molecule has 0 radical (unpaired) electrons. The molecule has 0 spiro atoms. The minimum absolute atomic E-state index is 0. The first-order chi connectivity index (χ1) is 8.02. The normalized spacial score (nSPS) is 13.9. The Morgan fingerprint density at radius 1 is 1.11 bits per heavy atom. The van der Waals surface area contributed by atoms with E-state index < -0.39 is 35.4 Å². The van der Waals surface area contributed by atoms with Crippen molar-refractivity contribution < 1.29 is 26.3 Å². The number of benzene rings is 1. The minimum Gasteiger partial charge on any atom is -0.324 e. The molecule has 0 aromatic heterocycles. The Labute approximate surface area is 116 Å². The zero-order valence-corrected chi connectivity index (χ0v) is 10.7. The molecule has 0 fully saturated rings. The largest absolute Gasteiger partial charge is 0.417 e. The van der Waals surface area contributed by atoms with Crippen LogP contribution in [-0.4, -0.2) is 6.18 Å². The summed E-state index contributed by atoms with van der Waals surface area (Å²) in [6, 6.07) is 1.08. The van der Waals surface area contributed by atoms with Crippen LogP contribution in [0, 0.1) is 0 Å². The predicted molar refractivity (Wildman–Crippen MR) is 61.3 cm³/mol. The van der Waals surface area contributed by atoms with Crippen LogP contribution < -0.4 is 5.73 Å². The first-order valence-corrected chi connectivity index (χ1v) is 5.08. The summed E-state index contributed by atoms with van der Waals surface area (Å²) in [4.78, 5) is 0. The van der Waals surface area contributed by atoms with Gasteiger partial charge >= 0.3 is 12.4 Å². The first-order valence-electron chi connectivity index (χ1n) is 4.70. The molecule has 0 saturated carbocycles. The molecular weight excluding hydrogens is 319 g/mol. The number of rotatable bonds is 2. The second-order valence-corrected chi connectivity index (χ2v) is 4.01. The van der Waals surface area contributed by atoms with Crippen LogP contribution in [0.15, 0.2) is 18.2 Å². The summed E-state index contributed by atoms with van der Waals surface area (Å²) in [6.45, 7) is 0. The van der Waals surface area contributed by atoms with Gasteiger partial charge in [0.15, 0.2) is 0 Å². The van der Waals surface area contributed by atoms with Crippen molar-refractivity contribution in [3.63, 3.8) is 0 Å². The summed E-state index contributed by atoms with van der Waals surface area (Å²) < 4.78 is 73.8. The molecule has 0 saturated heterocycles. The van der Waals surface area contributed by atoms with Crippen molar-refractivity contribution in [1.29, 1.82) is 0 Å². The average Bonchev–Trinajstić information content (AvgIpc) is 2.12. The van der Waals surface area contributed by atoms with Crippen LogP contribution in [0.2, 0.25) is 5.02 Å². The Kier molecular flexibility index (Phi) is 5.98. The third-order valence-electron chi connectivity index (χ3n) is 2.18. The molecule has 9 heteroatoms. The van der Waals surface area contributed by atoms with Crippen molar-refractivity contribution in [2.45, 2.75) is 24.8 Å². The fourth-order valence-electron chi connectivity index (χ4n) is 1.41. The van der Waals surface area contributed by atoms with Gasteiger partial charge in [0.1, 0.15) is 0 Å². The van der Waals surface area contributed by atoms with E-state index in [4.69, 9.17) is 17.3 Å². The smallest absolute Gasteiger partial charge is 0.324 e. The molecule has 0 aliphatic carbocycles. The number of hydrogen-bond acceptors (Lipinski definition) is 1. The maximum atomic E-state index is 12.5. The molecule has 1 nitrogen and oxygen atoms in total. The van der Waals surface area contributed by atoms with Crippen LogP contribution in [0.3, 0.4) is 0 Å². The highest BCUT2D eigenvalue weighted by Gasteiger charge is 2.36. The van der Waals surface area contributed by atoms with Gasteiger partial charge in [-0.05, 0) is 11.6 Å². The summed E-state index contributed by atoms with van der Waals surface area (Å²) in [5, 5.41) is -0.790. The van der Waals surface area contributed by atoms with Crippen LogP contribution in [0.5, 0.6) is 0 Å². The van der Waals surface area contributed by atoms with Crippen molar-refractivity contribution in [2.75, 3.05) is 0 Å². The zero-order chi connectivity index (χ0) is 14.1. The number of alkyl halides is 6. The zero-order valence-electron chi connectivity index (χ0n) is 9.15. The lowest BCUT2D eigenvalue weighted by molar-refractivity contribution is -0.138. The van der Waals surface area contributed by atoms with Gasteiger partial charge in [-0.25, -0.2) is 0 Å². The summed E-state index contributed by atoms with van der Waals surface area (Å²) in [6.07, 6.45) is -10.7. The number of nitrogens with two attached hydrogens (primary N) is 1. The molecule has 0 heterocycles. The van der Waals surface area contributed by atoms with Gasteiger partial charge in [0.05, 0.1) is 17.0 Å². The average molecular weight is 328 g/mol. The molecule has 1 atom stereocenters. The standard InChI is InChI=1S/C10H8ClF6N.ClH/c11-8-5(7(18)4-9(12,13)14)2-1-3-6(8)10(15,16)17;/h1-3,7H,4,18H2;1H/t7-;/m0./s1. The lowest BCUT2D eigenvalue weighted by atomic mass is 10.0. The fourth-order valence-corrected chi connectivity index (χ4v) is 1.79. The SMILES string of the molecule is Cl.N[C@@H](CC(F)(F)F)c1cccc(C(F)(F)F)c1Cl. The van der Waals surface area contributed by atoms with E-state index in [1.54, 1.807) is 0 Å². The molecule has 0 bridgehead atoms. The predicted octanol–water partition coefficient (Wildman–Crippen LogP) is 4.73. The molecular formula is C10H9Cl2F6N. The molecule has 0 amide bonds. The Morgan fingerprint density at radius 3 is 2.05 bits per heavy atom. The van der Waals surface area contributed by atoms with E-state index in [1.165, 1.54) is 0 Å². The van der Waals surface area contributed by atoms with Gasteiger partial charge in [-0.2, -0.15) is 26.3 Å². The maximum absolute atomic E-state index is 12.5. The van der Waals surface area contributed by atoms with Crippen LogP contribution in [-0.2, 0) is 6.18 Å². The monoisotopic (exact) mass is 327 g/mol. The van der Waals surface area contributed by atoms with E-state index in [1.807, 2.05) is 0 Å². The second kappa shape index (κ2) is 6.19. The van der Waals surface area contributed by atoms with Crippen molar-refractivity contribution in [3.05, 3.63) is 34.3 Å². The molecule has 2 N–H and O–H groups in total. The highest BCUT2D eigenvalue weighted by Crippen LogP contribution is 2.39. The van der Waals surface area contributed by atoms with Gasteiger partial charge in [-0.1, -0.05) is 23.7 Å². The molecule has 1 rings (SSSR count). The highest BCUT2D eigenvalue weighted by molar-refractivity contribution is 6.32. The lowest BCUT2D eigenvalue weighted by Crippen LogP contribution is -2.21.